The number of hydrogen-bond donors (Lipinski definition) is 1. The van der Waals surface area contributed by atoms with Crippen molar-refractivity contribution in [3.63, 3.8) is 0 Å². The molecule has 72 valence electrons. The van der Waals surface area contributed by atoms with Crippen molar-refractivity contribution in [2.24, 2.45) is 11.7 Å². The Morgan fingerprint density at radius 2 is 2.08 bits per heavy atom. The number of ether oxygens (including phenoxy) is 1. The third-order valence-corrected chi connectivity index (χ3v) is 1.92. The molecule has 0 radical (unpaired) electrons. The Kier molecular flexibility index (Phi) is 5.72. The Balaban J connectivity index is 3.82. The van der Waals surface area contributed by atoms with Crippen molar-refractivity contribution in [1.29, 1.82) is 0 Å². The summed E-state index contributed by atoms with van der Waals surface area (Å²) in [4.78, 5) is 11.1. The van der Waals surface area contributed by atoms with Crippen molar-refractivity contribution in [3.05, 3.63) is 0 Å². The quantitative estimate of drug-likeness (QED) is 0.638. The van der Waals surface area contributed by atoms with Gasteiger partial charge in [0.1, 0.15) is 6.04 Å². The van der Waals surface area contributed by atoms with Crippen LogP contribution in [0.15, 0.2) is 0 Å². The van der Waals surface area contributed by atoms with Gasteiger partial charge in [-0.15, -0.1) is 0 Å². The summed E-state index contributed by atoms with van der Waals surface area (Å²) in [5, 5.41) is 0. The molecular formula is C9H19NO2. The van der Waals surface area contributed by atoms with Gasteiger partial charge < -0.3 is 10.5 Å². The first-order chi connectivity index (χ1) is 5.63. The molecule has 2 N–H and O–H groups in total. The molecule has 2 unspecified atom stereocenters. The maximum Gasteiger partial charge on any atom is 0.323 e. The molecule has 3 nitrogen and oxygen atoms in total. The summed E-state index contributed by atoms with van der Waals surface area (Å²) in [5.41, 5.74) is 5.66. The number of carbonyl (C=O) groups is 1. The summed E-state index contributed by atoms with van der Waals surface area (Å²) >= 11 is 0. The summed E-state index contributed by atoms with van der Waals surface area (Å²) < 4.78 is 4.81. The van der Waals surface area contributed by atoms with Gasteiger partial charge >= 0.3 is 5.97 Å². The van der Waals surface area contributed by atoms with Crippen molar-refractivity contribution in [2.75, 3.05) is 6.61 Å². The lowest BCUT2D eigenvalue weighted by Gasteiger charge is -2.16. The van der Waals surface area contributed by atoms with Crippen LogP contribution in [0.4, 0.5) is 0 Å². The Labute approximate surface area is 74.3 Å². The third-order valence-electron chi connectivity index (χ3n) is 1.92. The number of rotatable bonds is 5. The second-order valence-electron chi connectivity index (χ2n) is 3.04. The smallest absolute Gasteiger partial charge is 0.323 e. The first kappa shape index (κ1) is 11.4. The fraction of sp³-hybridized carbons (Fsp3) is 0.889. The van der Waals surface area contributed by atoms with Crippen LogP contribution in [-0.2, 0) is 9.53 Å². The van der Waals surface area contributed by atoms with E-state index in [4.69, 9.17) is 10.5 Å². The van der Waals surface area contributed by atoms with Crippen LogP contribution in [0.2, 0.25) is 0 Å². The maximum atomic E-state index is 11.1. The number of carbonyl (C=O) groups excluding carboxylic acids is 1. The lowest BCUT2D eigenvalue weighted by Crippen LogP contribution is -2.38. The number of nitrogens with two attached hydrogens (primary N) is 1. The molecular weight excluding hydrogens is 154 g/mol. The van der Waals surface area contributed by atoms with E-state index in [2.05, 4.69) is 6.92 Å². The maximum absolute atomic E-state index is 11.1. The number of hydrogen-bond acceptors (Lipinski definition) is 3. The summed E-state index contributed by atoms with van der Waals surface area (Å²) in [6.45, 7) is 6.25. The van der Waals surface area contributed by atoms with E-state index in [0.29, 0.717) is 6.61 Å². The minimum atomic E-state index is -0.454. The lowest BCUT2D eigenvalue weighted by atomic mass is 9.98. The molecule has 0 aliphatic rings. The Morgan fingerprint density at radius 3 is 2.50 bits per heavy atom. The van der Waals surface area contributed by atoms with Crippen molar-refractivity contribution in [3.8, 4) is 0 Å². The predicted octanol–water partition coefficient (Wildman–Crippen LogP) is 1.31. The first-order valence-electron chi connectivity index (χ1n) is 4.55. The van der Waals surface area contributed by atoms with Gasteiger partial charge in [-0.3, -0.25) is 4.79 Å². The highest BCUT2D eigenvalue weighted by Crippen LogP contribution is 2.09. The van der Waals surface area contributed by atoms with Crippen LogP contribution in [0, 0.1) is 5.92 Å². The van der Waals surface area contributed by atoms with Gasteiger partial charge in [0.15, 0.2) is 0 Å². The average molecular weight is 173 g/mol. The highest BCUT2D eigenvalue weighted by molar-refractivity contribution is 5.75. The SMILES string of the molecule is CCCC(C)C(N)C(=O)OCC. The number of esters is 1. The zero-order chi connectivity index (χ0) is 9.56. The van der Waals surface area contributed by atoms with E-state index in [0.717, 1.165) is 12.8 Å². The van der Waals surface area contributed by atoms with E-state index < -0.39 is 6.04 Å². The minimum absolute atomic E-state index is 0.217. The zero-order valence-corrected chi connectivity index (χ0v) is 8.17. The first-order valence-corrected chi connectivity index (χ1v) is 4.55. The highest BCUT2D eigenvalue weighted by atomic mass is 16.5. The fourth-order valence-electron chi connectivity index (χ4n) is 1.11. The molecule has 0 saturated carbocycles. The molecule has 3 heteroatoms. The van der Waals surface area contributed by atoms with Crippen molar-refractivity contribution < 1.29 is 9.53 Å². The van der Waals surface area contributed by atoms with E-state index in [1.165, 1.54) is 0 Å². The minimum Gasteiger partial charge on any atom is -0.465 e. The van der Waals surface area contributed by atoms with Crippen LogP contribution in [0.1, 0.15) is 33.6 Å². The standard InChI is InChI=1S/C9H19NO2/c1-4-6-7(3)8(10)9(11)12-5-2/h7-8H,4-6,10H2,1-3H3. The predicted molar refractivity (Wildman–Crippen MR) is 48.7 cm³/mol. The van der Waals surface area contributed by atoms with Gasteiger partial charge in [0, 0.05) is 0 Å². The molecule has 0 aromatic heterocycles. The molecule has 0 aliphatic carbocycles. The molecule has 0 spiro atoms. The second kappa shape index (κ2) is 6.00. The largest absolute Gasteiger partial charge is 0.465 e. The van der Waals surface area contributed by atoms with Gasteiger partial charge in [-0.2, -0.15) is 0 Å². The van der Waals surface area contributed by atoms with Crippen LogP contribution in [0.25, 0.3) is 0 Å². The average Bonchev–Trinajstić information content (AvgIpc) is 2.04. The van der Waals surface area contributed by atoms with E-state index >= 15 is 0 Å². The molecule has 0 rings (SSSR count). The van der Waals surface area contributed by atoms with Crippen molar-refractivity contribution in [2.45, 2.75) is 39.7 Å². The van der Waals surface area contributed by atoms with E-state index in [9.17, 15) is 4.79 Å². The molecule has 0 amide bonds. The van der Waals surface area contributed by atoms with E-state index in [1.807, 2.05) is 6.92 Å². The molecule has 0 heterocycles. The normalized spacial score (nSPS) is 15.3. The van der Waals surface area contributed by atoms with Crippen molar-refractivity contribution >= 4 is 5.97 Å². The Hall–Kier alpha value is -0.570. The molecule has 0 saturated heterocycles. The van der Waals surface area contributed by atoms with Crippen LogP contribution < -0.4 is 5.73 Å². The van der Waals surface area contributed by atoms with Crippen LogP contribution in [-0.4, -0.2) is 18.6 Å². The van der Waals surface area contributed by atoms with Gasteiger partial charge in [-0.1, -0.05) is 20.3 Å². The molecule has 0 aliphatic heterocycles. The molecule has 0 fully saturated rings. The van der Waals surface area contributed by atoms with E-state index in [1.54, 1.807) is 6.92 Å². The zero-order valence-electron chi connectivity index (χ0n) is 8.17. The van der Waals surface area contributed by atoms with Crippen LogP contribution in [0.3, 0.4) is 0 Å². The highest BCUT2D eigenvalue weighted by Gasteiger charge is 2.20. The molecule has 2 atom stereocenters. The second-order valence-corrected chi connectivity index (χ2v) is 3.04. The third kappa shape index (κ3) is 3.72. The van der Waals surface area contributed by atoms with Gasteiger partial charge in [0.25, 0.3) is 0 Å². The summed E-state index contributed by atoms with van der Waals surface area (Å²) in [6, 6.07) is -0.454. The van der Waals surface area contributed by atoms with Crippen molar-refractivity contribution in [1.82, 2.24) is 0 Å². The lowest BCUT2D eigenvalue weighted by molar-refractivity contribution is -0.145. The van der Waals surface area contributed by atoms with Crippen LogP contribution in [0.5, 0.6) is 0 Å². The van der Waals surface area contributed by atoms with Crippen LogP contribution >= 0.6 is 0 Å². The van der Waals surface area contributed by atoms with Gasteiger partial charge in [0.2, 0.25) is 0 Å². The van der Waals surface area contributed by atoms with E-state index in [-0.39, 0.29) is 11.9 Å². The monoisotopic (exact) mass is 173 g/mol. The molecule has 0 bridgehead atoms. The topological polar surface area (TPSA) is 52.3 Å². The summed E-state index contributed by atoms with van der Waals surface area (Å²) in [7, 11) is 0. The summed E-state index contributed by atoms with van der Waals surface area (Å²) in [6.07, 6.45) is 2.02. The van der Waals surface area contributed by atoms with Gasteiger partial charge in [-0.25, -0.2) is 0 Å². The molecule has 12 heavy (non-hydrogen) atoms. The Bertz CT molecular complexity index is 136. The van der Waals surface area contributed by atoms with Gasteiger partial charge in [0.05, 0.1) is 6.61 Å². The summed E-state index contributed by atoms with van der Waals surface area (Å²) in [5.74, 6) is -0.0625. The Morgan fingerprint density at radius 1 is 1.50 bits per heavy atom. The molecule has 0 aromatic rings. The van der Waals surface area contributed by atoms with Gasteiger partial charge in [-0.05, 0) is 19.3 Å². The fourth-order valence-corrected chi connectivity index (χ4v) is 1.11. The molecule has 0 aromatic carbocycles.